The summed E-state index contributed by atoms with van der Waals surface area (Å²) >= 11 is 3.50. The predicted molar refractivity (Wildman–Crippen MR) is 87.3 cm³/mol. The number of nitrogens with one attached hydrogen (secondary N) is 1. The van der Waals surface area contributed by atoms with E-state index in [4.69, 9.17) is 10.5 Å². The van der Waals surface area contributed by atoms with Crippen LogP contribution >= 0.6 is 15.9 Å². The van der Waals surface area contributed by atoms with Crippen molar-refractivity contribution in [1.29, 1.82) is 0 Å². The third-order valence-corrected chi connectivity index (χ3v) is 3.66. The molecule has 0 amide bonds. The standard InChI is InChI=1S/C16H19BrN2O/c1-11-4-3-5-13(8-11)19-15(10-18)14-9-12(17)6-7-16(14)20-2/h3-9,15,19H,10,18H2,1-2H3. The van der Waals surface area contributed by atoms with Gasteiger partial charge in [0.15, 0.2) is 0 Å². The van der Waals surface area contributed by atoms with E-state index in [0.717, 1.165) is 21.5 Å². The summed E-state index contributed by atoms with van der Waals surface area (Å²) in [4.78, 5) is 0. The number of benzene rings is 2. The molecule has 20 heavy (non-hydrogen) atoms. The van der Waals surface area contributed by atoms with Gasteiger partial charge in [-0.05, 0) is 42.8 Å². The Bertz CT molecular complexity index is 586. The van der Waals surface area contributed by atoms with E-state index < -0.39 is 0 Å². The lowest BCUT2D eigenvalue weighted by Crippen LogP contribution is -2.21. The van der Waals surface area contributed by atoms with Crippen LogP contribution in [0.5, 0.6) is 5.75 Å². The number of hydrogen-bond acceptors (Lipinski definition) is 3. The van der Waals surface area contributed by atoms with E-state index in [1.54, 1.807) is 7.11 Å². The van der Waals surface area contributed by atoms with Gasteiger partial charge in [-0.1, -0.05) is 28.1 Å². The van der Waals surface area contributed by atoms with Crippen LogP contribution in [0.25, 0.3) is 0 Å². The average molecular weight is 335 g/mol. The number of ether oxygens (including phenoxy) is 1. The molecular weight excluding hydrogens is 316 g/mol. The van der Waals surface area contributed by atoms with Crippen molar-refractivity contribution < 1.29 is 4.74 Å². The summed E-state index contributed by atoms with van der Waals surface area (Å²) in [5.41, 5.74) is 9.25. The highest BCUT2D eigenvalue weighted by Gasteiger charge is 2.15. The van der Waals surface area contributed by atoms with Crippen LogP contribution in [-0.2, 0) is 0 Å². The smallest absolute Gasteiger partial charge is 0.124 e. The van der Waals surface area contributed by atoms with Gasteiger partial charge in [0.05, 0.1) is 13.2 Å². The van der Waals surface area contributed by atoms with Gasteiger partial charge in [-0.3, -0.25) is 0 Å². The number of rotatable bonds is 5. The monoisotopic (exact) mass is 334 g/mol. The Hall–Kier alpha value is -1.52. The molecule has 2 aromatic rings. The first-order chi connectivity index (χ1) is 9.63. The second kappa shape index (κ2) is 6.77. The zero-order valence-electron chi connectivity index (χ0n) is 11.7. The topological polar surface area (TPSA) is 47.3 Å². The summed E-state index contributed by atoms with van der Waals surface area (Å²) in [6.07, 6.45) is 0. The van der Waals surface area contributed by atoms with Gasteiger partial charge in [0.2, 0.25) is 0 Å². The second-order valence-corrected chi connectivity index (χ2v) is 5.60. The van der Waals surface area contributed by atoms with E-state index in [1.807, 2.05) is 30.3 Å². The molecule has 0 saturated heterocycles. The lowest BCUT2D eigenvalue weighted by atomic mass is 10.0. The Labute approximate surface area is 128 Å². The lowest BCUT2D eigenvalue weighted by Gasteiger charge is -2.21. The molecule has 4 heteroatoms. The molecule has 0 fully saturated rings. The van der Waals surface area contributed by atoms with Crippen LogP contribution in [0.4, 0.5) is 5.69 Å². The van der Waals surface area contributed by atoms with Crippen LogP contribution in [0.2, 0.25) is 0 Å². The number of aryl methyl sites for hydroxylation is 1. The molecule has 0 bridgehead atoms. The van der Waals surface area contributed by atoms with Gasteiger partial charge in [-0.15, -0.1) is 0 Å². The summed E-state index contributed by atoms with van der Waals surface area (Å²) in [6, 6.07) is 14.2. The van der Waals surface area contributed by atoms with Gasteiger partial charge < -0.3 is 15.8 Å². The SMILES string of the molecule is COc1ccc(Br)cc1C(CN)Nc1cccc(C)c1. The summed E-state index contributed by atoms with van der Waals surface area (Å²) in [5, 5.41) is 3.46. The molecule has 1 atom stereocenters. The van der Waals surface area contributed by atoms with E-state index >= 15 is 0 Å². The van der Waals surface area contributed by atoms with E-state index in [1.165, 1.54) is 5.56 Å². The van der Waals surface area contributed by atoms with E-state index in [-0.39, 0.29) is 6.04 Å². The molecule has 0 radical (unpaired) electrons. The maximum Gasteiger partial charge on any atom is 0.124 e. The first kappa shape index (κ1) is 14.9. The fourth-order valence-corrected chi connectivity index (χ4v) is 2.56. The molecule has 0 spiro atoms. The first-order valence-corrected chi connectivity index (χ1v) is 7.30. The summed E-state index contributed by atoms with van der Waals surface area (Å²) in [6.45, 7) is 2.56. The van der Waals surface area contributed by atoms with Crippen molar-refractivity contribution in [3.8, 4) is 5.75 Å². The van der Waals surface area contributed by atoms with Crippen LogP contribution in [-0.4, -0.2) is 13.7 Å². The molecule has 2 aromatic carbocycles. The van der Waals surface area contributed by atoms with Crippen LogP contribution in [0, 0.1) is 6.92 Å². The molecule has 0 aliphatic heterocycles. The molecule has 0 saturated carbocycles. The van der Waals surface area contributed by atoms with E-state index in [2.05, 4.69) is 40.3 Å². The van der Waals surface area contributed by atoms with Gasteiger partial charge in [0, 0.05) is 22.3 Å². The number of hydrogen-bond donors (Lipinski definition) is 2. The largest absolute Gasteiger partial charge is 0.496 e. The Morgan fingerprint density at radius 1 is 1.25 bits per heavy atom. The van der Waals surface area contributed by atoms with Gasteiger partial charge in [-0.2, -0.15) is 0 Å². The number of nitrogens with two attached hydrogens (primary N) is 1. The molecular formula is C16H19BrN2O. The quantitative estimate of drug-likeness (QED) is 0.872. The van der Waals surface area contributed by atoms with Crippen molar-refractivity contribution in [2.75, 3.05) is 19.0 Å². The minimum Gasteiger partial charge on any atom is -0.496 e. The van der Waals surface area contributed by atoms with Gasteiger partial charge in [-0.25, -0.2) is 0 Å². The van der Waals surface area contributed by atoms with Crippen LogP contribution < -0.4 is 15.8 Å². The number of halogens is 1. The van der Waals surface area contributed by atoms with Crippen molar-refractivity contribution in [3.63, 3.8) is 0 Å². The molecule has 0 aromatic heterocycles. The fourth-order valence-electron chi connectivity index (χ4n) is 2.18. The Morgan fingerprint density at radius 3 is 2.70 bits per heavy atom. The van der Waals surface area contributed by atoms with Crippen LogP contribution in [0.3, 0.4) is 0 Å². The van der Waals surface area contributed by atoms with Gasteiger partial charge >= 0.3 is 0 Å². The molecule has 3 nitrogen and oxygen atoms in total. The average Bonchev–Trinajstić information content (AvgIpc) is 2.45. The Balaban J connectivity index is 2.30. The normalized spacial score (nSPS) is 12.0. The summed E-state index contributed by atoms with van der Waals surface area (Å²) in [7, 11) is 1.67. The highest BCUT2D eigenvalue weighted by atomic mass is 79.9. The Morgan fingerprint density at radius 2 is 2.05 bits per heavy atom. The molecule has 0 aliphatic carbocycles. The molecule has 1 unspecified atom stereocenters. The zero-order chi connectivity index (χ0) is 14.5. The van der Waals surface area contributed by atoms with Crippen molar-refractivity contribution in [3.05, 3.63) is 58.1 Å². The summed E-state index contributed by atoms with van der Waals surface area (Å²) < 4.78 is 6.44. The first-order valence-electron chi connectivity index (χ1n) is 6.50. The number of methoxy groups -OCH3 is 1. The van der Waals surface area contributed by atoms with Gasteiger partial charge in [0.1, 0.15) is 5.75 Å². The molecule has 106 valence electrons. The second-order valence-electron chi connectivity index (χ2n) is 4.69. The summed E-state index contributed by atoms with van der Waals surface area (Å²) in [5.74, 6) is 0.837. The predicted octanol–water partition coefficient (Wildman–Crippen LogP) is 3.88. The highest BCUT2D eigenvalue weighted by molar-refractivity contribution is 9.10. The van der Waals surface area contributed by atoms with E-state index in [0.29, 0.717) is 6.54 Å². The molecule has 0 aliphatic rings. The minimum atomic E-state index is 0.00394. The highest BCUT2D eigenvalue weighted by Crippen LogP contribution is 2.30. The minimum absolute atomic E-state index is 0.00394. The maximum absolute atomic E-state index is 5.93. The van der Waals surface area contributed by atoms with Crippen molar-refractivity contribution in [1.82, 2.24) is 0 Å². The maximum atomic E-state index is 5.93. The lowest BCUT2D eigenvalue weighted by molar-refractivity contribution is 0.407. The van der Waals surface area contributed by atoms with E-state index in [9.17, 15) is 0 Å². The molecule has 2 rings (SSSR count). The van der Waals surface area contributed by atoms with Crippen LogP contribution in [0.15, 0.2) is 46.9 Å². The van der Waals surface area contributed by atoms with Crippen LogP contribution in [0.1, 0.15) is 17.2 Å². The van der Waals surface area contributed by atoms with Crippen molar-refractivity contribution in [2.24, 2.45) is 5.73 Å². The zero-order valence-corrected chi connectivity index (χ0v) is 13.3. The fraction of sp³-hybridized carbons (Fsp3) is 0.250. The van der Waals surface area contributed by atoms with Crippen molar-refractivity contribution >= 4 is 21.6 Å². The van der Waals surface area contributed by atoms with Gasteiger partial charge in [0.25, 0.3) is 0 Å². The Kier molecular flexibility index (Phi) is 5.04. The molecule has 0 heterocycles. The van der Waals surface area contributed by atoms with Crippen molar-refractivity contribution in [2.45, 2.75) is 13.0 Å². The molecule has 3 N–H and O–H groups in total. The third kappa shape index (κ3) is 3.52. The number of anilines is 1. The third-order valence-electron chi connectivity index (χ3n) is 3.16.